The fourth-order valence-corrected chi connectivity index (χ4v) is 3.83. The van der Waals surface area contributed by atoms with E-state index in [9.17, 15) is 0 Å². The molecule has 0 aromatic carbocycles. The van der Waals surface area contributed by atoms with Crippen LogP contribution in [0.15, 0.2) is 12.1 Å². The van der Waals surface area contributed by atoms with Gasteiger partial charge < -0.3 is 5.32 Å². The zero-order valence-corrected chi connectivity index (χ0v) is 11.4. The quantitative estimate of drug-likeness (QED) is 0.842. The SMILES string of the molecule is CCCNC1CCCCC1c1ccc(Cl)s1. The Morgan fingerprint density at radius 3 is 2.88 bits per heavy atom. The molecule has 16 heavy (non-hydrogen) atoms. The monoisotopic (exact) mass is 257 g/mol. The molecule has 0 aliphatic heterocycles. The van der Waals surface area contributed by atoms with Gasteiger partial charge in [0.05, 0.1) is 4.34 Å². The van der Waals surface area contributed by atoms with Crippen LogP contribution in [0, 0.1) is 0 Å². The van der Waals surface area contributed by atoms with Gasteiger partial charge in [0.25, 0.3) is 0 Å². The lowest BCUT2D eigenvalue weighted by atomic mass is 9.83. The summed E-state index contributed by atoms with van der Waals surface area (Å²) in [5.41, 5.74) is 0. The number of hydrogen-bond acceptors (Lipinski definition) is 2. The highest BCUT2D eigenvalue weighted by molar-refractivity contribution is 7.16. The summed E-state index contributed by atoms with van der Waals surface area (Å²) in [4.78, 5) is 1.47. The van der Waals surface area contributed by atoms with Crippen molar-refractivity contribution in [3.05, 3.63) is 21.3 Å². The molecular formula is C13H20ClNS. The molecule has 1 aliphatic carbocycles. The molecule has 90 valence electrons. The van der Waals surface area contributed by atoms with Gasteiger partial charge in [-0.1, -0.05) is 31.4 Å². The fourth-order valence-electron chi connectivity index (χ4n) is 2.57. The van der Waals surface area contributed by atoms with E-state index in [1.54, 1.807) is 11.3 Å². The van der Waals surface area contributed by atoms with Crippen molar-refractivity contribution in [2.24, 2.45) is 0 Å². The number of thiophene rings is 1. The van der Waals surface area contributed by atoms with Crippen molar-refractivity contribution in [3.63, 3.8) is 0 Å². The summed E-state index contributed by atoms with van der Waals surface area (Å²) in [6, 6.07) is 4.92. The first-order valence-electron chi connectivity index (χ1n) is 6.30. The molecule has 0 amide bonds. The third-order valence-corrected chi connectivity index (χ3v) is 4.74. The molecule has 1 aliphatic rings. The maximum Gasteiger partial charge on any atom is 0.0931 e. The smallest absolute Gasteiger partial charge is 0.0931 e. The van der Waals surface area contributed by atoms with E-state index >= 15 is 0 Å². The van der Waals surface area contributed by atoms with E-state index in [0.29, 0.717) is 12.0 Å². The Bertz CT molecular complexity index is 323. The Labute approximate surface area is 107 Å². The summed E-state index contributed by atoms with van der Waals surface area (Å²) in [6.07, 6.45) is 6.59. The second-order valence-corrected chi connectivity index (χ2v) is 6.34. The van der Waals surface area contributed by atoms with Crippen LogP contribution in [0.25, 0.3) is 0 Å². The molecule has 1 saturated carbocycles. The highest BCUT2D eigenvalue weighted by Crippen LogP contribution is 2.37. The predicted octanol–water partition coefficient (Wildman–Crippen LogP) is 4.43. The molecule has 1 aromatic heterocycles. The molecule has 0 spiro atoms. The molecular weight excluding hydrogens is 238 g/mol. The van der Waals surface area contributed by atoms with Crippen LogP contribution in [0.1, 0.15) is 49.8 Å². The molecule has 2 unspecified atom stereocenters. The minimum atomic E-state index is 0.670. The zero-order chi connectivity index (χ0) is 11.4. The molecule has 1 heterocycles. The molecule has 2 rings (SSSR count). The largest absolute Gasteiger partial charge is 0.313 e. The Morgan fingerprint density at radius 2 is 2.19 bits per heavy atom. The number of rotatable bonds is 4. The normalized spacial score (nSPS) is 25.9. The van der Waals surface area contributed by atoms with Crippen molar-refractivity contribution in [3.8, 4) is 0 Å². The second kappa shape index (κ2) is 6.04. The maximum atomic E-state index is 6.03. The number of nitrogens with one attached hydrogen (secondary N) is 1. The third kappa shape index (κ3) is 2.99. The second-order valence-electron chi connectivity index (χ2n) is 4.59. The molecule has 1 aromatic rings. The standard InChI is InChI=1S/C13H20ClNS/c1-2-9-15-11-6-4-3-5-10(11)12-7-8-13(14)16-12/h7-8,10-11,15H,2-6,9H2,1H3. The van der Waals surface area contributed by atoms with E-state index < -0.39 is 0 Å². The lowest BCUT2D eigenvalue weighted by molar-refractivity contribution is 0.331. The van der Waals surface area contributed by atoms with Crippen LogP contribution in [0.4, 0.5) is 0 Å². The topological polar surface area (TPSA) is 12.0 Å². The van der Waals surface area contributed by atoms with E-state index in [4.69, 9.17) is 11.6 Å². The van der Waals surface area contributed by atoms with E-state index in [2.05, 4.69) is 18.3 Å². The Hall–Kier alpha value is -0.0500. The molecule has 0 radical (unpaired) electrons. The van der Waals surface area contributed by atoms with Crippen LogP contribution in [-0.4, -0.2) is 12.6 Å². The van der Waals surface area contributed by atoms with Crippen LogP contribution >= 0.6 is 22.9 Å². The first-order chi connectivity index (χ1) is 7.81. The van der Waals surface area contributed by atoms with Gasteiger partial charge in [0, 0.05) is 16.8 Å². The van der Waals surface area contributed by atoms with Crippen molar-refractivity contribution < 1.29 is 0 Å². The molecule has 1 nitrogen and oxygen atoms in total. The fraction of sp³-hybridized carbons (Fsp3) is 0.692. The van der Waals surface area contributed by atoms with Gasteiger partial charge in [-0.3, -0.25) is 0 Å². The Balaban J connectivity index is 2.04. The van der Waals surface area contributed by atoms with Crippen molar-refractivity contribution in [1.29, 1.82) is 0 Å². The molecule has 1 fully saturated rings. The van der Waals surface area contributed by atoms with Crippen LogP contribution in [0.5, 0.6) is 0 Å². The Morgan fingerprint density at radius 1 is 1.38 bits per heavy atom. The van der Waals surface area contributed by atoms with Crippen LogP contribution in [-0.2, 0) is 0 Å². The number of halogens is 1. The Kier molecular flexibility index (Phi) is 4.68. The van der Waals surface area contributed by atoms with Gasteiger partial charge in [0.2, 0.25) is 0 Å². The van der Waals surface area contributed by atoms with Gasteiger partial charge in [-0.05, 0) is 37.9 Å². The van der Waals surface area contributed by atoms with Crippen molar-refractivity contribution in [1.82, 2.24) is 5.32 Å². The summed E-state index contributed by atoms with van der Waals surface area (Å²) < 4.78 is 0.926. The first-order valence-corrected chi connectivity index (χ1v) is 7.49. The van der Waals surface area contributed by atoms with Crippen LogP contribution in [0.2, 0.25) is 4.34 Å². The minimum absolute atomic E-state index is 0.670. The van der Waals surface area contributed by atoms with Gasteiger partial charge in [0.1, 0.15) is 0 Å². The van der Waals surface area contributed by atoms with Gasteiger partial charge in [-0.25, -0.2) is 0 Å². The van der Waals surface area contributed by atoms with E-state index in [1.807, 2.05) is 6.07 Å². The highest BCUT2D eigenvalue weighted by atomic mass is 35.5. The van der Waals surface area contributed by atoms with Crippen molar-refractivity contribution in [2.75, 3.05) is 6.54 Å². The number of hydrogen-bond donors (Lipinski definition) is 1. The lowest BCUT2D eigenvalue weighted by Crippen LogP contribution is -2.37. The highest BCUT2D eigenvalue weighted by Gasteiger charge is 2.26. The molecule has 3 heteroatoms. The average molecular weight is 258 g/mol. The third-order valence-electron chi connectivity index (χ3n) is 3.38. The molecule has 0 saturated heterocycles. The lowest BCUT2D eigenvalue weighted by Gasteiger charge is -2.31. The summed E-state index contributed by atoms with van der Waals surface area (Å²) in [5.74, 6) is 0.692. The van der Waals surface area contributed by atoms with Gasteiger partial charge in [-0.15, -0.1) is 11.3 Å². The van der Waals surface area contributed by atoms with Gasteiger partial charge in [-0.2, -0.15) is 0 Å². The van der Waals surface area contributed by atoms with E-state index in [-0.39, 0.29) is 0 Å². The maximum absolute atomic E-state index is 6.03. The average Bonchev–Trinajstić information content (AvgIpc) is 2.73. The molecule has 0 bridgehead atoms. The first kappa shape index (κ1) is 12.4. The van der Waals surface area contributed by atoms with Gasteiger partial charge >= 0.3 is 0 Å². The van der Waals surface area contributed by atoms with E-state index in [1.165, 1.54) is 37.0 Å². The van der Waals surface area contributed by atoms with E-state index in [0.717, 1.165) is 10.9 Å². The molecule has 1 N–H and O–H groups in total. The summed E-state index contributed by atoms with van der Waals surface area (Å²) in [6.45, 7) is 3.37. The summed E-state index contributed by atoms with van der Waals surface area (Å²) in [5, 5.41) is 3.69. The van der Waals surface area contributed by atoms with Crippen LogP contribution < -0.4 is 5.32 Å². The summed E-state index contributed by atoms with van der Waals surface area (Å²) in [7, 11) is 0. The zero-order valence-electron chi connectivity index (χ0n) is 9.84. The predicted molar refractivity (Wildman–Crippen MR) is 72.6 cm³/mol. The minimum Gasteiger partial charge on any atom is -0.313 e. The molecule has 2 atom stereocenters. The van der Waals surface area contributed by atoms with Gasteiger partial charge in [0.15, 0.2) is 0 Å². The van der Waals surface area contributed by atoms with Crippen molar-refractivity contribution in [2.45, 2.75) is 51.0 Å². The van der Waals surface area contributed by atoms with Crippen molar-refractivity contribution >= 4 is 22.9 Å². The summed E-state index contributed by atoms with van der Waals surface area (Å²) >= 11 is 7.79. The van der Waals surface area contributed by atoms with Crippen LogP contribution in [0.3, 0.4) is 0 Å².